The number of anilines is 1. The summed E-state index contributed by atoms with van der Waals surface area (Å²) in [4.78, 5) is 4.04. The second-order valence-corrected chi connectivity index (χ2v) is 3.50. The van der Waals surface area contributed by atoms with Gasteiger partial charge >= 0.3 is 0 Å². The molecule has 0 aromatic carbocycles. The lowest BCUT2D eigenvalue weighted by molar-refractivity contribution is 0.649. The molecule has 12 heavy (non-hydrogen) atoms. The summed E-state index contributed by atoms with van der Waals surface area (Å²) < 4.78 is 0.849. The molecule has 0 spiro atoms. The fraction of sp³-hybridized carbons (Fsp3) is 0.375. The Hall–Kier alpha value is -0.610. The van der Waals surface area contributed by atoms with Crippen molar-refractivity contribution in [3.05, 3.63) is 22.3 Å². The lowest BCUT2D eigenvalue weighted by atomic mass is 10.1. The summed E-state index contributed by atoms with van der Waals surface area (Å²) in [6.07, 6.45) is 1.78. The van der Waals surface area contributed by atoms with Crippen molar-refractivity contribution in [3.8, 4) is 0 Å². The van der Waals surface area contributed by atoms with Crippen LogP contribution in [-0.4, -0.2) is 12.0 Å². The summed E-state index contributed by atoms with van der Waals surface area (Å²) in [5.74, 6) is 0.530. The highest BCUT2D eigenvalue weighted by atomic mass is 79.9. The van der Waals surface area contributed by atoms with Gasteiger partial charge in [0.15, 0.2) is 0 Å². The second-order valence-electron chi connectivity index (χ2n) is 2.65. The number of hydrogen-bond acceptors (Lipinski definition) is 3. The minimum absolute atomic E-state index is 0.300. The van der Waals surface area contributed by atoms with Gasteiger partial charge < -0.3 is 11.1 Å². The Morgan fingerprint density at radius 2 is 2.33 bits per heavy atom. The molecule has 0 bridgehead atoms. The SMILES string of the molecule is CN[C@H](C)c1cnc(N)c(Br)c1. The van der Waals surface area contributed by atoms with E-state index >= 15 is 0 Å². The van der Waals surface area contributed by atoms with Crippen LogP contribution >= 0.6 is 15.9 Å². The van der Waals surface area contributed by atoms with Gasteiger partial charge in [-0.2, -0.15) is 0 Å². The van der Waals surface area contributed by atoms with Crippen molar-refractivity contribution in [1.82, 2.24) is 10.3 Å². The molecule has 0 fully saturated rings. The molecule has 0 radical (unpaired) electrons. The van der Waals surface area contributed by atoms with E-state index in [1.165, 1.54) is 0 Å². The summed E-state index contributed by atoms with van der Waals surface area (Å²) in [6, 6.07) is 2.28. The van der Waals surface area contributed by atoms with Gasteiger partial charge in [0, 0.05) is 12.2 Å². The van der Waals surface area contributed by atoms with E-state index in [9.17, 15) is 0 Å². The molecule has 66 valence electrons. The Morgan fingerprint density at radius 3 is 2.83 bits per heavy atom. The molecule has 1 heterocycles. The maximum absolute atomic E-state index is 5.55. The van der Waals surface area contributed by atoms with Gasteiger partial charge in [-0.05, 0) is 41.5 Å². The van der Waals surface area contributed by atoms with Crippen LogP contribution in [-0.2, 0) is 0 Å². The van der Waals surface area contributed by atoms with Gasteiger partial charge in [0.1, 0.15) is 5.82 Å². The summed E-state index contributed by atoms with van der Waals surface area (Å²) >= 11 is 3.33. The first-order valence-electron chi connectivity index (χ1n) is 3.73. The molecule has 0 aliphatic carbocycles. The van der Waals surface area contributed by atoms with Crippen LogP contribution in [0.3, 0.4) is 0 Å². The first-order chi connectivity index (χ1) is 5.65. The molecule has 1 rings (SSSR count). The fourth-order valence-corrected chi connectivity index (χ4v) is 1.23. The zero-order valence-corrected chi connectivity index (χ0v) is 8.72. The zero-order chi connectivity index (χ0) is 9.14. The van der Waals surface area contributed by atoms with Gasteiger partial charge in [-0.3, -0.25) is 0 Å². The average Bonchev–Trinajstić information content (AvgIpc) is 2.08. The van der Waals surface area contributed by atoms with Crippen LogP contribution in [0.5, 0.6) is 0 Å². The monoisotopic (exact) mass is 229 g/mol. The highest BCUT2D eigenvalue weighted by Gasteiger charge is 2.04. The average molecular weight is 230 g/mol. The Balaban J connectivity index is 2.96. The Morgan fingerprint density at radius 1 is 1.67 bits per heavy atom. The number of nitrogens with zero attached hydrogens (tertiary/aromatic N) is 1. The van der Waals surface area contributed by atoms with Crippen molar-refractivity contribution < 1.29 is 0 Å². The van der Waals surface area contributed by atoms with Crippen LogP contribution in [0, 0.1) is 0 Å². The smallest absolute Gasteiger partial charge is 0.137 e. The van der Waals surface area contributed by atoms with E-state index in [2.05, 4.69) is 33.2 Å². The van der Waals surface area contributed by atoms with Crippen molar-refractivity contribution in [2.45, 2.75) is 13.0 Å². The molecule has 0 saturated heterocycles. The number of nitrogens with one attached hydrogen (secondary N) is 1. The largest absolute Gasteiger partial charge is 0.383 e. The van der Waals surface area contributed by atoms with Gasteiger partial charge in [0.25, 0.3) is 0 Å². The van der Waals surface area contributed by atoms with Crippen molar-refractivity contribution in [2.75, 3.05) is 12.8 Å². The molecule has 0 saturated carbocycles. The van der Waals surface area contributed by atoms with Crippen molar-refractivity contribution in [1.29, 1.82) is 0 Å². The standard InChI is InChI=1S/C8H12BrN3/c1-5(11-2)6-3-7(9)8(10)12-4-6/h3-5,11H,1-2H3,(H2,10,12)/t5-/m1/s1. The molecule has 1 aromatic heterocycles. The van der Waals surface area contributed by atoms with Crippen LogP contribution in [0.15, 0.2) is 16.7 Å². The van der Waals surface area contributed by atoms with Gasteiger partial charge in [-0.15, -0.1) is 0 Å². The van der Waals surface area contributed by atoms with Crippen LogP contribution in [0.1, 0.15) is 18.5 Å². The van der Waals surface area contributed by atoms with E-state index in [0.29, 0.717) is 11.9 Å². The van der Waals surface area contributed by atoms with Gasteiger partial charge in [0.2, 0.25) is 0 Å². The predicted molar refractivity (Wildman–Crippen MR) is 53.8 cm³/mol. The van der Waals surface area contributed by atoms with Crippen LogP contribution < -0.4 is 11.1 Å². The molecule has 3 N–H and O–H groups in total. The minimum Gasteiger partial charge on any atom is -0.383 e. The molecule has 0 amide bonds. The third kappa shape index (κ3) is 1.95. The van der Waals surface area contributed by atoms with Crippen LogP contribution in [0.4, 0.5) is 5.82 Å². The summed E-state index contributed by atoms with van der Waals surface area (Å²) in [7, 11) is 1.91. The summed E-state index contributed by atoms with van der Waals surface area (Å²) in [6.45, 7) is 2.07. The minimum atomic E-state index is 0.300. The predicted octanol–water partition coefficient (Wildman–Crippen LogP) is 1.71. The molecule has 1 aromatic rings. The molecule has 0 aliphatic rings. The summed E-state index contributed by atoms with van der Waals surface area (Å²) in [5, 5.41) is 3.13. The van der Waals surface area contributed by atoms with E-state index in [-0.39, 0.29) is 0 Å². The molecule has 0 aliphatic heterocycles. The van der Waals surface area contributed by atoms with E-state index in [1.807, 2.05) is 13.1 Å². The Kier molecular flexibility index (Phi) is 3.05. The van der Waals surface area contributed by atoms with E-state index in [4.69, 9.17) is 5.73 Å². The number of pyridine rings is 1. The third-order valence-electron chi connectivity index (χ3n) is 1.82. The normalized spacial score (nSPS) is 12.9. The Labute approximate surface area is 80.5 Å². The zero-order valence-electron chi connectivity index (χ0n) is 7.13. The molecular formula is C8H12BrN3. The maximum atomic E-state index is 5.55. The van der Waals surface area contributed by atoms with Crippen molar-refractivity contribution in [2.24, 2.45) is 0 Å². The van der Waals surface area contributed by atoms with Crippen LogP contribution in [0.25, 0.3) is 0 Å². The number of hydrogen-bond donors (Lipinski definition) is 2. The maximum Gasteiger partial charge on any atom is 0.137 e. The first kappa shape index (κ1) is 9.48. The summed E-state index contributed by atoms with van der Waals surface area (Å²) in [5.41, 5.74) is 6.68. The van der Waals surface area contributed by atoms with Gasteiger partial charge in [0.05, 0.1) is 4.47 Å². The van der Waals surface area contributed by atoms with Gasteiger partial charge in [-0.1, -0.05) is 0 Å². The number of nitrogen functional groups attached to an aromatic ring is 1. The Bertz CT molecular complexity index is 275. The second kappa shape index (κ2) is 3.87. The van der Waals surface area contributed by atoms with E-state index in [1.54, 1.807) is 6.20 Å². The van der Waals surface area contributed by atoms with Crippen molar-refractivity contribution in [3.63, 3.8) is 0 Å². The van der Waals surface area contributed by atoms with Gasteiger partial charge in [-0.25, -0.2) is 4.98 Å². The molecular weight excluding hydrogens is 218 g/mol. The lowest BCUT2D eigenvalue weighted by Gasteiger charge is -2.10. The number of halogens is 1. The lowest BCUT2D eigenvalue weighted by Crippen LogP contribution is -2.12. The highest BCUT2D eigenvalue weighted by molar-refractivity contribution is 9.10. The quantitative estimate of drug-likeness (QED) is 0.813. The van der Waals surface area contributed by atoms with E-state index in [0.717, 1.165) is 10.0 Å². The number of rotatable bonds is 2. The van der Waals surface area contributed by atoms with E-state index < -0.39 is 0 Å². The molecule has 1 atom stereocenters. The van der Waals surface area contributed by atoms with Crippen molar-refractivity contribution >= 4 is 21.7 Å². The molecule has 3 nitrogen and oxygen atoms in total. The van der Waals surface area contributed by atoms with Crippen LogP contribution in [0.2, 0.25) is 0 Å². The topological polar surface area (TPSA) is 50.9 Å². The molecule has 4 heteroatoms. The number of aromatic nitrogens is 1. The third-order valence-corrected chi connectivity index (χ3v) is 2.46. The number of nitrogens with two attached hydrogens (primary N) is 1. The fourth-order valence-electron chi connectivity index (χ4n) is 0.867. The highest BCUT2D eigenvalue weighted by Crippen LogP contribution is 2.20. The molecule has 0 unspecified atom stereocenters. The first-order valence-corrected chi connectivity index (χ1v) is 4.52.